The standard InChI is InChI=1S/C17H20Cl2N2O6S/c18-13-10-14(19)15(28(24,25)21-5-7-26-8-6-21)9-12(13)17(23)27-11-16(22)20-3-1-2-4-20/h9-10H,1-8,11H2. The van der Waals surface area contributed by atoms with Crippen molar-refractivity contribution >= 4 is 45.1 Å². The molecule has 3 rings (SSSR count). The van der Waals surface area contributed by atoms with Crippen LogP contribution in [0.1, 0.15) is 23.2 Å². The van der Waals surface area contributed by atoms with Gasteiger partial charge in [-0.1, -0.05) is 23.2 Å². The molecule has 0 radical (unpaired) electrons. The third kappa shape index (κ3) is 4.60. The van der Waals surface area contributed by atoms with E-state index < -0.39 is 22.6 Å². The van der Waals surface area contributed by atoms with Gasteiger partial charge in [-0.2, -0.15) is 4.31 Å². The highest BCUT2D eigenvalue weighted by Gasteiger charge is 2.30. The lowest BCUT2D eigenvalue weighted by Gasteiger charge is -2.26. The average molecular weight is 451 g/mol. The van der Waals surface area contributed by atoms with Crippen molar-refractivity contribution in [3.05, 3.63) is 27.7 Å². The summed E-state index contributed by atoms with van der Waals surface area (Å²) in [5.74, 6) is -1.18. The van der Waals surface area contributed by atoms with Crippen LogP contribution < -0.4 is 0 Å². The number of hydrogen-bond donors (Lipinski definition) is 0. The molecule has 0 saturated carbocycles. The molecular formula is C17H20Cl2N2O6S. The molecule has 0 aliphatic carbocycles. The number of amides is 1. The first-order valence-corrected chi connectivity index (χ1v) is 11.0. The third-order valence-corrected chi connectivity index (χ3v) is 7.29. The third-order valence-electron chi connectivity index (χ3n) is 4.61. The molecule has 11 heteroatoms. The van der Waals surface area contributed by atoms with Crippen molar-refractivity contribution in [1.82, 2.24) is 9.21 Å². The van der Waals surface area contributed by atoms with E-state index >= 15 is 0 Å². The predicted octanol–water partition coefficient (Wildman–Crippen LogP) is 1.79. The number of halogens is 2. The molecular weight excluding hydrogens is 431 g/mol. The number of likely N-dealkylation sites (tertiary alicyclic amines) is 1. The fourth-order valence-electron chi connectivity index (χ4n) is 3.07. The van der Waals surface area contributed by atoms with Gasteiger partial charge in [0.2, 0.25) is 10.0 Å². The molecule has 2 aliphatic heterocycles. The van der Waals surface area contributed by atoms with Crippen molar-refractivity contribution in [2.24, 2.45) is 0 Å². The lowest BCUT2D eigenvalue weighted by atomic mass is 10.2. The first-order chi connectivity index (χ1) is 13.3. The summed E-state index contributed by atoms with van der Waals surface area (Å²) in [7, 11) is -3.93. The molecule has 28 heavy (non-hydrogen) atoms. The first-order valence-electron chi connectivity index (χ1n) is 8.82. The largest absolute Gasteiger partial charge is 0.452 e. The van der Waals surface area contributed by atoms with Crippen LogP contribution >= 0.6 is 23.2 Å². The monoisotopic (exact) mass is 450 g/mol. The molecule has 2 heterocycles. The zero-order valence-electron chi connectivity index (χ0n) is 15.0. The van der Waals surface area contributed by atoms with Gasteiger partial charge in [0, 0.05) is 26.2 Å². The Bertz CT molecular complexity index is 865. The molecule has 2 saturated heterocycles. The van der Waals surface area contributed by atoms with Crippen LogP contribution in [0, 0.1) is 0 Å². The number of nitrogens with zero attached hydrogens (tertiary/aromatic N) is 2. The molecule has 2 fully saturated rings. The Hall–Kier alpha value is -1.39. The summed E-state index contributed by atoms with van der Waals surface area (Å²) in [6.07, 6.45) is 1.84. The number of sulfonamides is 1. The average Bonchev–Trinajstić information content (AvgIpc) is 3.21. The van der Waals surface area contributed by atoms with Gasteiger partial charge in [0.15, 0.2) is 6.61 Å². The normalized spacial score (nSPS) is 18.3. The zero-order valence-corrected chi connectivity index (χ0v) is 17.4. The van der Waals surface area contributed by atoms with E-state index in [1.807, 2.05) is 0 Å². The van der Waals surface area contributed by atoms with Crippen LogP contribution in [0.3, 0.4) is 0 Å². The highest BCUT2D eigenvalue weighted by Crippen LogP contribution is 2.31. The maximum Gasteiger partial charge on any atom is 0.340 e. The molecule has 0 unspecified atom stereocenters. The second-order valence-corrected chi connectivity index (χ2v) is 9.16. The van der Waals surface area contributed by atoms with Crippen molar-refractivity contribution in [1.29, 1.82) is 0 Å². The molecule has 1 amide bonds. The Morgan fingerprint density at radius 2 is 1.68 bits per heavy atom. The van der Waals surface area contributed by atoms with Gasteiger partial charge in [-0.15, -0.1) is 0 Å². The van der Waals surface area contributed by atoms with Gasteiger partial charge in [-0.3, -0.25) is 4.79 Å². The summed E-state index contributed by atoms with van der Waals surface area (Å²) in [5, 5.41) is -0.147. The van der Waals surface area contributed by atoms with Gasteiger partial charge in [-0.05, 0) is 25.0 Å². The Morgan fingerprint density at radius 1 is 1.04 bits per heavy atom. The minimum Gasteiger partial charge on any atom is -0.452 e. The maximum atomic E-state index is 12.9. The number of ether oxygens (including phenoxy) is 2. The van der Waals surface area contributed by atoms with E-state index in [0.717, 1.165) is 18.9 Å². The van der Waals surface area contributed by atoms with Crippen molar-refractivity contribution < 1.29 is 27.5 Å². The van der Waals surface area contributed by atoms with E-state index in [4.69, 9.17) is 32.7 Å². The number of esters is 1. The molecule has 154 valence electrons. The van der Waals surface area contributed by atoms with Gasteiger partial charge in [0.1, 0.15) is 4.90 Å². The van der Waals surface area contributed by atoms with Crippen LogP contribution in [0.5, 0.6) is 0 Å². The van der Waals surface area contributed by atoms with E-state index in [1.165, 1.54) is 10.4 Å². The van der Waals surface area contributed by atoms with Crippen LogP contribution in [-0.2, 0) is 24.3 Å². The molecule has 8 nitrogen and oxygen atoms in total. The Kier molecular flexibility index (Phi) is 6.82. The van der Waals surface area contributed by atoms with Crippen molar-refractivity contribution in [3.63, 3.8) is 0 Å². The van der Waals surface area contributed by atoms with E-state index in [0.29, 0.717) is 13.1 Å². The lowest BCUT2D eigenvalue weighted by Crippen LogP contribution is -2.40. The van der Waals surface area contributed by atoms with E-state index in [1.54, 1.807) is 4.90 Å². The Balaban J connectivity index is 1.78. The van der Waals surface area contributed by atoms with Gasteiger partial charge in [0.05, 0.1) is 28.8 Å². The maximum absolute atomic E-state index is 12.9. The summed E-state index contributed by atoms with van der Waals surface area (Å²) in [5.41, 5.74) is -0.160. The molecule has 1 aromatic rings. The highest BCUT2D eigenvalue weighted by atomic mass is 35.5. The zero-order chi connectivity index (χ0) is 20.3. The highest BCUT2D eigenvalue weighted by molar-refractivity contribution is 7.89. The number of carbonyl (C=O) groups excluding carboxylic acids is 2. The number of hydrogen-bond acceptors (Lipinski definition) is 6. The summed E-state index contributed by atoms with van der Waals surface area (Å²) < 4.78 is 37.2. The van der Waals surface area contributed by atoms with Gasteiger partial charge >= 0.3 is 5.97 Å². The summed E-state index contributed by atoms with van der Waals surface area (Å²) in [6.45, 7) is 1.77. The molecule has 0 N–H and O–H groups in total. The van der Waals surface area contributed by atoms with E-state index in [-0.39, 0.29) is 52.7 Å². The van der Waals surface area contributed by atoms with Gasteiger partial charge < -0.3 is 14.4 Å². The number of rotatable bonds is 5. The van der Waals surface area contributed by atoms with Gasteiger partial charge in [-0.25, -0.2) is 13.2 Å². The quantitative estimate of drug-likeness (QED) is 0.634. The van der Waals surface area contributed by atoms with Gasteiger partial charge in [0.25, 0.3) is 5.91 Å². The van der Waals surface area contributed by atoms with Crippen molar-refractivity contribution in [2.75, 3.05) is 46.0 Å². The topological polar surface area (TPSA) is 93.2 Å². The molecule has 2 aliphatic rings. The Labute approximate surface area is 173 Å². The molecule has 0 atom stereocenters. The summed E-state index contributed by atoms with van der Waals surface area (Å²) in [6, 6.07) is 2.29. The molecule has 1 aromatic carbocycles. The van der Waals surface area contributed by atoms with Crippen LogP contribution in [0.15, 0.2) is 17.0 Å². The smallest absolute Gasteiger partial charge is 0.340 e. The number of carbonyl (C=O) groups is 2. The minimum atomic E-state index is -3.93. The van der Waals surface area contributed by atoms with E-state index in [2.05, 4.69) is 0 Å². The first kappa shape index (κ1) is 21.3. The predicted molar refractivity (Wildman–Crippen MR) is 102 cm³/mol. The van der Waals surface area contributed by atoms with Crippen LogP contribution in [-0.4, -0.2) is 75.5 Å². The van der Waals surface area contributed by atoms with E-state index in [9.17, 15) is 18.0 Å². The molecule has 0 spiro atoms. The number of benzene rings is 1. The SMILES string of the molecule is O=C(OCC(=O)N1CCCC1)c1cc(S(=O)(=O)N2CCOCC2)c(Cl)cc1Cl. The summed E-state index contributed by atoms with van der Waals surface area (Å²) in [4.78, 5) is 25.8. The Morgan fingerprint density at radius 3 is 2.32 bits per heavy atom. The molecule has 0 bridgehead atoms. The van der Waals surface area contributed by atoms with Crippen LogP contribution in [0.2, 0.25) is 10.0 Å². The second kappa shape index (κ2) is 8.96. The minimum absolute atomic E-state index is 0.0513. The summed E-state index contributed by atoms with van der Waals surface area (Å²) >= 11 is 12.2. The number of morpholine rings is 1. The molecule has 0 aromatic heterocycles. The fraction of sp³-hybridized carbons (Fsp3) is 0.529. The van der Waals surface area contributed by atoms with Crippen molar-refractivity contribution in [3.8, 4) is 0 Å². The fourth-order valence-corrected chi connectivity index (χ4v) is 5.31. The second-order valence-electron chi connectivity index (χ2n) is 6.44. The van der Waals surface area contributed by atoms with Crippen LogP contribution in [0.25, 0.3) is 0 Å². The lowest BCUT2D eigenvalue weighted by molar-refractivity contribution is -0.133. The van der Waals surface area contributed by atoms with Crippen LogP contribution in [0.4, 0.5) is 0 Å². The van der Waals surface area contributed by atoms with Crippen molar-refractivity contribution in [2.45, 2.75) is 17.7 Å².